The van der Waals surface area contributed by atoms with E-state index in [9.17, 15) is 0 Å². The largest absolute Gasteiger partial charge is 0.130 e. The summed E-state index contributed by atoms with van der Waals surface area (Å²) in [6.45, 7) is 2.26. The summed E-state index contributed by atoms with van der Waals surface area (Å²) in [6, 6.07) is 13.4. The Balaban J connectivity index is 2.18. The zero-order chi connectivity index (χ0) is 11.6. The van der Waals surface area contributed by atoms with Gasteiger partial charge in [0.15, 0.2) is 0 Å². The Morgan fingerprint density at radius 3 is 2.62 bits per heavy atom. The maximum Gasteiger partial charge on any atom is 0.118 e. The van der Waals surface area contributed by atoms with Crippen LogP contribution in [0.2, 0.25) is 12.1 Å². The lowest BCUT2D eigenvalue weighted by Gasteiger charge is -2.02. The number of halogens is 1. The molecule has 1 rings (SSSR count). The van der Waals surface area contributed by atoms with Crippen molar-refractivity contribution in [2.75, 3.05) is 0 Å². The predicted octanol–water partition coefficient (Wildman–Crippen LogP) is 4.70. The summed E-state index contributed by atoms with van der Waals surface area (Å²) in [5.41, 5.74) is 1.40. The highest BCUT2D eigenvalue weighted by atomic mass is 79.9. The molecule has 0 nitrogen and oxygen atoms in total. The first-order valence-corrected chi connectivity index (χ1v) is 11.0. The molecule has 2 heteroatoms. The Morgan fingerprint density at radius 1 is 1.19 bits per heavy atom. The molecular weight excluding hydrogens is 276 g/mol. The molecule has 0 heterocycles. The first kappa shape index (κ1) is 13.7. The average molecular weight is 297 g/mol. The second-order valence-corrected chi connectivity index (χ2v) is 10.3. The maximum atomic E-state index is 3.85. The molecule has 0 saturated heterocycles. The van der Waals surface area contributed by atoms with Gasteiger partial charge in [-0.05, 0) is 18.0 Å². The lowest BCUT2D eigenvalue weighted by atomic mass is 10.1. The number of hydrogen-bond acceptors (Lipinski definition) is 0. The van der Waals surface area contributed by atoms with E-state index < -0.39 is 7.42 Å². The molecule has 0 saturated carbocycles. The van der Waals surface area contributed by atoms with E-state index in [1.807, 2.05) is 0 Å². The van der Waals surface area contributed by atoms with Gasteiger partial charge in [-0.15, -0.1) is 15.3 Å². The zero-order valence-electron chi connectivity index (χ0n) is 10.0. The molecule has 1 aromatic carbocycles. The van der Waals surface area contributed by atoms with Gasteiger partial charge in [0.25, 0.3) is 0 Å². The third kappa shape index (κ3) is 6.29. The fourth-order valence-electron chi connectivity index (χ4n) is 1.62. The van der Waals surface area contributed by atoms with Gasteiger partial charge in [0.05, 0.1) is 0 Å². The summed E-state index contributed by atoms with van der Waals surface area (Å²) in [4.78, 5) is 0. The molecule has 0 aliphatic heterocycles. The SMILES string of the molecule is CCCC[SiH](Br)CC=CCc1ccccc1. The third-order valence-corrected chi connectivity index (χ3v) is 6.94. The van der Waals surface area contributed by atoms with E-state index in [0.29, 0.717) is 0 Å². The fourth-order valence-corrected chi connectivity index (χ4v) is 4.81. The van der Waals surface area contributed by atoms with Gasteiger partial charge >= 0.3 is 0 Å². The lowest BCUT2D eigenvalue weighted by Crippen LogP contribution is -1.99. The molecule has 0 aromatic heterocycles. The summed E-state index contributed by atoms with van der Waals surface area (Å²) in [5.74, 6) is 0. The smallest absolute Gasteiger partial charge is 0.118 e. The lowest BCUT2D eigenvalue weighted by molar-refractivity contribution is 0.877. The van der Waals surface area contributed by atoms with Crippen LogP contribution in [-0.2, 0) is 6.42 Å². The van der Waals surface area contributed by atoms with Gasteiger partial charge in [0.1, 0.15) is 7.42 Å². The minimum atomic E-state index is -0.620. The Bertz CT molecular complexity index is 295. The van der Waals surface area contributed by atoms with E-state index in [1.54, 1.807) is 0 Å². The first-order chi connectivity index (χ1) is 7.83. The average Bonchev–Trinajstić information content (AvgIpc) is 2.33. The molecule has 0 amide bonds. The van der Waals surface area contributed by atoms with Crippen molar-refractivity contribution in [1.82, 2.24) is 0 Å². The quantitative estimate of drug-likeness (QED) is 0.388. The van der Waals surface area contributed by atoms with Gasteiger partial charge < -0.3 is 0 Å². The van der Waals surface area contributed by atoms with Crippen LogP contribution < -0.4 is 0 Å². The summed E-state index contributed by atoms with van der Waals surface area (Å²) in [5, 5.41) is 0. The van der Waals surface area contributed by atoms with Gasteiger partial charge in [-0.1, -0.05) is 68.3 Å². The minimum Gasteiger partial charge on any atom is -0.130 e. The normalized spacial score (nSPS) is 13.1. The summed E-state index contributed by atoms with van der Waals surface area (Å²) < 4.78 is 0. The van der Waals surface area contributed by atoms with Crippen LogP contribution in [0, 0.1) is 0 Å². The van der Waals surface area contributed by atoms with Crippen LogP contribution in [0.25, 0.3) is 0 Å². The van der Waals surface area contributed by atoms with Gasteiger partial charge in [0.2, 0.25) is 0 Å². The number of benzene rings is 1. The molecule has 0 radical (unpaired) electrons. The van der Waals surface area contributed by atoms with Crippen molar-refractivity contribution in [3.05, 3.63) is 48.0 Å². The van der Waals surface area contributed by atoms with Crippen molar-refractivity contribution in [3.8, 4) is 0 Å². The number of rotatable bonds is 7. The maximum absolute atomic E-state index is 3.85. The van der Waals surface area contributed by atoms with Crippen LogP contribution in [0.3, 0.4) is 0 Å². The van der Waals surface area contributed by atoms with Gasteiger partial charge in [-0.3, -0.25) is 0 Å². The van der Waals surface area contributed by atoms with Crippen molar-refractivity contribution in [1.29, 1.82) is 0 Å². The summed E-state index contributed by atoms with van der Waals surface area (Å²) >= 11 is 3.85. The van der Waals surface area contributed by atoms with Crippen molar-refractivity contribution < 1.29 is 0 Å². The second kappa shape index (κ2) is 8.77. The van der Waals surface area contributed by atoms with Crippen molar-refractivity contribution in [2.45, 2.75) is 38.3 Å². The predicted molar refractivity (Wildman–Crippen MR) is 79.9 cm³/mol. The van der Waals surface area contributed by atoms with Gasteiger partial charge in [-0.25, -0.2) is 0 Å². The molecule has 0 bridgehead atoms. The van der Waals surface area contributed by atoms with Gasteiger partial charge in [-0.2, -0.15) is 0 Å². The van der Waals surface area contributed by atoms with E-state index in [0.717, 1.165) is 6.42 Å². The highest BCUT2D eigenvalue weighted by molar-refractivity contribution is 9.24. The second-order valence-electron chi connectivity index (χ2n) is 4.14. The Kier molecular flexibility index (Phi) is 7.52. The van der Waals surface area contributed by atoms with E-state index in [2.05, 4.69) is 64.7 Å². The minimum absolute atomic E-state index is 0.620. The zero-order valence-corrected chi connectivity index (χ0v) is 12.8. The number of hydrogen-bond donors (Lipinski definition) is 0. The topological polar surface area (TPSA) is 0 Å². The van der Waals surface area contributed by atoms with E-state index >= 15 is 0 Å². The molecule has 0 spiro atoms. The molecule has 16 heavy (non-hydrogen) atoms. The Labute approximate surface area is 109 Å². The van der Waals surface area contributed by atoms with Crippen LogP contribution >= 0.6 is 15.3 Å². The highest BCUT2D eigenvalue weighted by Crippen LogP contribution is 2.12. The van der Waals surface area contributed by atoms with Gasteiger partial charge in [0, 0.05) is 0 Å². The van der Waals surface area contributed by atoms with Crippen LogP contribution in [-0.4, -0.2) is 7.42 Å². The Morgan fingerprint density at radius 2 is 1.94 bits per heavy atom. The van der Waals surface area contributed by atoms with Crippen LogP contribution in [0.15, 0.2) is 42.5 Å². The standard InChI is InChI=1S/C14H21BrSi/c1-2-3-12-16(15)13-8-7-11-14-9-5-4-6-10-14/h4-10,16H,2-3,11-13H2,1H3. The summed E-state index contributed by atoms with van der Waals surface area (Å²) in [7, 11) is -0.620. The van der Waals surface area contributed by atoms with E-state index in [4.69, 9.17) is 0 Å². The molecule has 0 N–H and O–H groups in total. The highest BCUT2D eigenvalue weighted by Gasteiger charge is 2.01. The van der Waals surface area contributed by atoms with Crippen molar-refractivity contribution in [3.63, 3.8) is 0 Å². The first-order valence-electron chi connectivity index (χ1n) is 6.16. The van der Waals surface area contributed by atoms with E-state index in [-0.39, 0.29) is 0 Å². The number of allylic oxidation sites excluding steroid dienone is 2. The molecular formula is C14H21BrSi. The van der Waals surface area contributed by atoms with Crippen LogP contribution in [0.4, 0.5) is 0 Å². The molecule has 88 valence electrons. The molecule has 1 unspecified atom stereocenters. The monoisotopic (exact) mass is 296 g/mol. The summed E-state index contributed by atoms with van der Waals surface area (Å²) in [6.07, 6.45) is 8.44. The molecule has 0 aliphatic carbocycles. The fraction of sp³-hybridized carbons (Fsp3) is 0.429. The molecule has 1 atom stereocenters. The van der Waals surface area contributed by atoms with Crippen molar-refractivity contribution in [2.24, 2.45) is 0 Å². The molecule has 0 fully saturated rings. The molecule has 0 aliphatic rings. The van der Waals surface area contributed by atoms with Crippen LogP contribution in [0.1, 0.15) is 25.3 Å². The van der Waals surface area contributed by atoms with E-state index in [1.165, 1.54) is 30.5 Å². The van der Waals surface area contributed by atoms with Crippen LogP contribution in [0.5, 0.6) is 0 Å². The molecule has 1 aromatic rings. The number of unbranched alkanes of at least 4 members (excludes halogenated alkanes) is 1. The van der Waals surface area contributed by atoms with Crippen molar-refractivity contribution >= 4 is 22.7 Å². The third-order valence-electron chi connectivity index (χ3n) is 2.63. The Hall–Kier alpha value is -0.343.